The lowest BCUT2D eigenvalue weighted by Crippen LogP contribution is -2.32. The van der Waals surface area contributed by atoms with Crippen molar-refractivity contribution in [2.75, 3.05) is 13.7 Å². The molecule has 0 spiro atoms. The smallest absolute Gasteiger partial charge is 0.408 e. The molecule has 20 heavy (non-hydrogen) atoms. The van der Waals surface area contributed by atoms with Crippen LogP contribution in [0.4, 0.5) is 4.79 Å². The Balaban J connectivity index is 2.53. The van der Waals surface area contributed by atoms with Crippen molar-refractivity contribution in [1.29, 1.82) is 0 Å². The maximum absolute atomic E-state index is 11.4. The topological polar surface area (TPSA) is 67.8 Å². The molecule has 108 valence electrons. The molecule has 0 atom stereocenters. The molecule has 5 heteroatoms. The van der Waals surface area contributed by atoms with Gasteiger partial charge >= 0.3 is 6.09 Å². The zero-order valence-corrected chi connectivity index (χ0v) is 12.1. The van der Waals surface area contributed by atoms with Gasteiger partial charge in [-0.3, -0.25) is 0 Å². The minimum absolute atomic E-state index is 0.0362. The predicted molar refractivity (Wildman–Crippen MR) is 75.8 cm³/mol. The third-order valence-electron chi connectivity index (χ3n) is 2.15. The van der Waals surface area contributed by atoms with Crippen LogP contribution in [0.1, 0.15) is 26.3 Å². The van der Waals surface area contributed by atoms with E-state index in [2.05, 4.69) is 17.2 Å². The van der Waals surface area contributed by atoms with E-state index in [0.29, 0.717) is 11.3 Å². The number of alkyl carbamates (subject to hydrolysis) is 1. The van der Waals surface area contributed by atoms with Gasteiger partial charge in [0.25, 0.3) is 0 Å². The van der Waals surface area contributed by atoms with Gasteiger partial charge in [0.2, 0.25) is 0 Å². The largest absolute Gasteiger partial charge is 0.507 e. The number of nitrogens with one attached hydrogen (secondary N) is 1. The van der Waals surface area contributed by atoms with Crippen molar-refractivity contribution in [3.05, 3.63) is 23.8 Å². The zero-order valence-electron chi connectivity index (χ0n) is 12.1. The molecular formula is C15H19NO4. The SMILES string of the molecule is COc1ccc(C#CCNC(=O)OC(C)(C)C)c(O)c1. The van der Waals surface area contributed by atoms with Gasteiger partial charge in [-0.15, -0.1) is 0 Å². The first-order valence-corrected chi connectivity index (χ1v) is 6.14. The highest BCUT2D eigenvalue weighted by molar-refractivity contribution is 5.68. The van der Waals surface area contributed by atoms with Crippen molar-refractivity contribution in [2.45, 2.75) is 26.4 Å². The maximum Gasteiger partial charge on any atom is 0.408 e. The number of methoxy groups -OCH3 is 1. The molecule has 0 saturated carbocycles. The Kier molecular flexibility index (Phi) is 5.27. The molecule has 0 aliphatic carbocycles. The first kappa shape index (κ1) is 15.7. The van der Waals surface area contributed by atoms with Gasteiger partial charge in [0, 0.05) is 6.07 Å². The molecule has 1 amide bonds. The fourth-order valence-corrected chi connectivity index (χ4v) is 1.31. The molecule has 0 fully saturated rings. The van der Waals surface area contributed by atoms with E-state index in [0.717, 1.165) is 0 Å². The standard InChI is InChI=1S/C15H19NO4/c1-15(2,3)20-14(18)16-9-5-6-11-7-8-12(19-4)10-13(11)17/h7-8,10,17H,9H2,1-4H3,(H,16,18). The van der Waals surface area contributed by atoms with Crippen LogP contribution < -0.4 is 10.1 Å². The van der Waals surface area contributed by atoms with Crippen molar-refractivity contribution in [3.8, 4) is 23.3 Å². The number of hydrogen-bond acceptors (Lipinski definition) is 4. The van der Waals surface area contributed by atoms with Crippen molar-refractivity contribution in [2.24, 2.45) is 0 Å². The molecule has 5 nitrogen and oxygen atoms in total. The van der Waals surface area contributed by atoms with Gasteiger partial charge in [0.15, 0.2) is 0 Å². The zero-order chi connectivity index (χ0) is 15.2. The number of carbonyl (C=O) groups excluding carboxylic acids is 1. The normalized spacial score (nSPS) is 10.2. The van der Waals surface area contributed by atoms with E-state index in [1.165, 1.54) is 13.2 Å². The molecule has 0 saturated heterocycles. The number of phenols is 1. The van der Waals surface area contributed by atoms with Crippen LogP contribution in [0.5, 0.6) is 11.5 Å². The summed E-state index contributed by atoms with van der Waals surface area (Å²) in [6.45, 7) is 5.50. The predicted octanol–water partition coefficient (Wildman–Crippen LogP) is 2.28. The molecule has 0 radical (unpaired) electrons. The van der Waals surface area contributed by atoms with Gasteiger partial charge < -0.3 is 19.9 Å². The number of aromatic hydroxyl groups is 1. The van der Waals surface area contributed by atoms with Gasteiger partial charge in [-0.05, 0) is 32.9 Å². The Bertz CT molecular complexity index is 535. The number of amides is 1. The fraction of sp³-hybridized carbons (Fsp3) is 0.400. The average Bonchev–Trinajstić information content (AvgIpc) is 2.33. The Labute approximate surface area is 118 Å². The first-order valence-electron chi connectivity index (χ1n) is 6.14. The summed E-state index contributed by atoms with van der Waals surface area (Å²) in [6.07, 6.45) is -0.522. The summed E-state index contributed by atoms with van der Waals surface area (Å²) in [6, 6.07) is 4.82. The number of carbonyl (C=O) groups is 1. The van der Waals surface area contributed by atoms with Gasteiger partial charge in [0.05, 0.1) is 19.2 Å². The molecule has 0 bridgehead atoms. The van der Waals surface area contributed by atoms with Gasteiger partial charge in [-0.25, -0.2) is 4.79 Å². The highest BCUT2D eigenvalue weighted by Gasteiger charge is 2.14. The van der Waals surface area contributed by atoms with Crippen LogP contribution in [0.25, 0.3) is 0 Å². The van der Waals surface area contributed by atoms with Crippen molar-refractivity contribution >= 4 is 6.09 Å². The Morgan fingerprint density at radius 1 is 1.40 bits per heavy atom. The van der Waals surface area contributed by atoms with E-state index in [1.807, 2.05) is 0 Å². The first-order chi connectivity index (χ1) is 9.31. The monoisotopic (exact) mass is 277 g/mol. The molecule has 0 aromatic heterocycles. The second-order valence-electron chi connectivity index (χ2n) is 5.04. The van der Waals surface area contributed by atoms with E-state index in [9.17, 15) is 9.90 Å². The lowest BCUT2D eigenvalue weighted by molar-refractivity contribution is 0.0535. The fourth-order valence-electron chi connectivity index (χ4n) is 1.31. The average molecular weight is 277 g/mol. The maximum atomic E-state index is 11.4. The minimum atomic E-state index is -0.536. The van der Waals surface area contributed by atoms with Crippen molar-refractivity contribution < 1.29 is 19.4 Å². The Hall–Kier alpha value is -2.35. The van der Waals surface area contributed by atoms with E-state index >= 15 is 0 Å². The van der Waals surface area contributed by atoms with Crippen LogP contribution in [-0.2, 0) is 4.74 Å². The summed E-state index contributed by atoms with van der Waals surface area (Å²) in [5, 5.41) is 12.2. The molecule has 0 unspecified atom stereocenters. The minimum Gasteiger partial charge on any atom is -0.507 e. The number of rotatable bonds is 2. The van der Waals surface area contributed by atoms with Crippen molar-refractivity contribution in [3.63, 3.8) is 0 Å². The molecule has 1 rings (SSSR count). The lowest BCUT2D eigenvalue weighted by Gasteiger charge is -2.19. The quantitative estimate of drug-likeness (QED) is 0.814. The van der Waals surface area contributed by atoms with Gasteiger partial charge in [-0.1, -0.05) is 11.8 Å². The third kappa shape index (κ3) is 5.53. The molecule has 1 aromatic carbocycles. The summed E-state index contributed by atoms with van der Waals surface area (Å²) in [5.41, 5.74) is -0.0667. The number of phenolic OH excluding ortho intramolecular Hbond substituents is 1. The summed E-state index contributed by atoms with van der Waals surface area (Å²) in [7, 11) is 1.52. The molecule has 0 aliphatic heterocycles. The third-order valence-corrected chi connectivity index (χ3v) is 2.15. The number of ether oxygens (including phenoxy) is 2. The Morgan fingerprint density at radius 3 is 2.65 bits per heavy atom. The molecule has 1 aromatic rings. The molecule has 0 aliphatic rings. The van der Waals surface area contributed by atoms with Crippen molar-refractivity contribution in [1.82, 2.24) is 5.32 Å². The van der Waals surface area contributed by atoms with Crippen LogP contribution in [0.2, 0.25) is 0 Å². The van der Waals surface area contributed by atoms with E-state index in [1.54, 1.807) is 32.9 Å². The van der Waals surface area contributed by atoms with E-state index in [-0.39, 0.29) is 12.3 Å². The van der Waals surface area contributed by atoms with Crippen LogP contribution in [0.15, 0.2) is 18.2 Å². The van der Waals surface area contributed by atoms with E-state index in [4.69, 9.17) is 9.47 Å². The van der Waals surface area contributed by atoms with Crippen LogP contribution in [-0.4, -0.2) is 30.5 Å². The van der Waals surface area contributed by atoms with Crippen LogP contribution in [0, 0.1) is 11.8 Å². The second kappa shape index (κ2) is 6.71. The summed E-state index contributed by atoms with van der Waals surface area (Å²) in [4.78, 5) is 11.4. The van der Waals surface area contributed by atoms with Crippen LogP contribution >= 0.6 is 0 Å². The van der Waals surface area contributed by atoms with E-state index < -0.39 is 11.7 Å². The Morgan fingerprint density at radius 2 is 2.10 bits per heavy atom. The highest BCUT2D eigenvalue weighted by atomic mass is 16.6. The number of benzene rings is 1. The number of hydrogen-bond donors (Lipinski definition) is 2. The molecule has 0 heterocycles. The molecular weight excluding hydrogens is 258 g/mol. The van der Waals surface area contributed by atoms with Gasteiger partial charge in [-0.2, -0.15) is 0 Å². The van der Waals surface area contributed by atoms with Crippen LogP contribution in [0.3, 0.4) is 0 Å². The second-order valence-corrected chi connectivity index (χ2v) is 5.04. The summed E-state index contributed by atoms with van der Waals surface area (Å²) < 4.78 is 10.0. The summed E-state index contributed by atoms with van der Waals surface area (Å²) in [5.74, 6) is 6.08. The summed E-state index contributed by atoms with van der Waals surface area (Å²) >= 11 is 0. The highest BCUT2D eigenvalue weighted by Crippen LogP contribution is 2.22. The lowest BCUT2D eigenvalue weighted by atomic mass is 10.2. The molecule has 2 N–H and O–H groups in total. The van der Waals surface area contributed by atoms with Gasteiger partial charge in [0.1, 0.15) is 17.1 Å².